The minimum absolute atomic E-state index is 0.127. The Morgan fingerprint density at radius 1 is 0.613 bits per heavy atom. The van der Waals surface area contributed by atoms with Crippen LogP contribution < -0.4 is 14.2 Å². The van der Waals surface area contributed by atoms with Crippen molar-refractivity contribution in [2.45, 2.75) is 13.3 Å². The van der Waals surface area contributed by atoms with Gasteiger partial charge in [0.05, 0.1) is 17.7 Å². The fourth-order valence-corrected chi connectivity index (χ4v) is 2.63. The number of carbonyl (C=O) groups is 2. The summed E-state index contributed by atoms with van der Waals surface area (Å²) in [5.74, 6) is 0.788. The number of carbonyl (C=O) groups excluding carboxylic acids is 2. The van der Waals surface area contributed by atoms with Crippen molar-refractivity contribution >= 4 is 11.9 Å². The smallest absolute Gasteiger partial charge is 0.343 e. The molecule has 0 saturated heterocycles. The molecule has 0 aliphatic rings. The molecular formula is C25H24O6. The Kier molecular flexibility index (Phi) is 8.05. The van der Waals surface area contributed by atoms with Crippen LogP contribution >= 0.6 is 0 Å². The van der Waals surface area contributed by atoms with E-state index in [1.54, 1.807) is 48.5 Å². The zero-order valence-electron chi connectivity index (χ0n) is 17.3. The predicted octanol–water partition coefficient (Wildman–Crippen LogP) is 4.93. The largest absolute Gasteiger partial charge is 0.494 e. The van der Waals surface area contributed by atoms with Crippen LogP contribution in [0.1, 0.15) is 34.1 Å². The summed E-state index contributed by atoms with van der Waals surface area (Å²) in [5, 5.41) is 0. The van der Waals surface area contributed by atoms with E-state index in [1.165, 1.54) is 0 Å². The average Bonchev–Trinajstić information content (AvgIpc) is 2.82. The summed E-state index contributed by atoms with van der Waals surface area (Å²) >= 11 is 0. The summed E-state index contributed by atoms with van der Waals surface area (Å²) in [6, 6.07) is 22.2. The van der Waals surface area contributed by atoms with E-state index in [2.05, 4.69) is 0 Å². The Hall–Kier alpha value is -3.80. The zero-order chi connectivity index (χ0) is 21.9. The summed E-state index contributed by atoms with van der Waals surface area (Å²) in [7, 11) is 0. The Labute approximate surface area is 181 Å². The summed E-state index contributed by atoms with van der Waals surface area (Å²) in [6.07, 6.45) is 0.912. The lowest BCUT2D eigenvalue weighted by atomic mass is 10.2. The number of benzene rings is 3. The van der Waals surface area contributed by atoms with Crippen LogP contribution in [0.5, 0.6) is 17.2 Å². The molecule has 0 radical (unpaired) electrons. The van der Waals surface area contributed by atoms with Gasteiger partial charge < -0.3 is 18.9 Å². The molecule has 3 aromatic rings. The molecule has 160 valence electrons. The highest BCUT2D eigenvalue weighted by atomic mass is 16.6. The van der Waals surface area contributed by atoms with E-state index in [0.717, 1.165) is 6.42 Å². The van der Waals surface area contributed by atoms with Gasteiger partial charge in [0.15, 0.2) is 0 Å². The first-order valence-corrected chi connectivity index (χ1v) is 10.1. The quantitative estimate of drug-likeness (QED) is 0.263. The average molecular weight is 420 g/mol. The molecule has 0 heterocycles. The van der Waals surface area contributed by atoms with Crippen molar-refractivity contribution in [2.75, 3.05) is 19.8 Å². The molecule has 0 aromatic heterocycles. The standard InChI is InChI=1S/C25H24O6/c1-2-16-28-22-12-8-20(9-13-22)25(27)31-23-14-10-19(11-15-23)24(26)30-18-17-29-21-6-4-3-5-7-21/h3-15H,2,16-18H2,1H3. The van der Waals surface area contributed by atoms with Crippen LogP contribution in [0.25, 0.3) is 0 Å². The molecule has 0 fully saturated rings. The third-order valence-corrected chi connectivity index (χ3v) is 4.19. The molecule has 0 saturated carbocycles. The van der Waals surface area contributed by atoms with Crippen LogP contribution in [0.15, 0.2) is 78.9 Å². The maximum atomic E-state index is 12.3. The maximum absolute atomic E-state index is 12.3. The Bertz CT molecular complexity index is 965. The first kappa shape index (κ1) is 21.9. The summed E-state index contributed by atoms with van der Waals surface area (Å²) in [4.78, 5) is 24.4. The van der Waals surface area contributed by atoms with Crippen molar-refractivity contribution in [1.29, 1.82) is 0 Å². The van der Waals surface area contributed by atoms with Gasteiger partial charge in [0.1, 0.15) is 30.5 Å². The van der Waals surface area contributed by atoms with Crippen LogP contribution in [0.2, 0.25) is 0 Å². The van der Waals surface area contributed by atoms with E-state index in [4.69, 9.17) is 18.9 Å². The molecule has 0 unspecified atom stereocenters. The second kappa shape index (κ2) is 11.4. The van der Waals surface area contributed by atoms with Gasteiger partial charge in [-0.15, -0.1) is 0 Å². The van der Waals surface area contributed by atoms with Crippen LogP contribution in [-0.4, -0.2) is 31.8 Å². The number of esters is 2. The van der Waals surface area contributed by atoms with Crippen LogP contribution in [-0.2, 0) is 4.74 Å². The molecule has 0 amide bonds. The molecular weight excluding hydrogens is 396 g/mol. The minimum Gasteiger partial charge on any atom is -0.494 e. The first-order valence-electron chi connectivity index (χ1n) is 10.1. The van der Waals surface area contributed by atoms with Crippen molar-refractivity contribution in [1.82, 2.24) is 0 Å². The van der Waals surface area contributed by atoms with Gasteiger partial charge in [0.2, 0.25) is 0 Å². The van der Waals surface area contributed by atoms with Crippen molar-refractivity contribution in [3.63, 3.8) is 0 Å². The molecule has 6 nitrogen and oxygen atoms in total. The molecule has 0 aliphatic carbocycles. The molecule has 0 N–H and O–H groups in total. The summed E-state index contributed by atoms with van der Waals surface area (Å²) < 4.78 is 21.5. The van der Waals surface area contributed by atoms with Gasteiger partial charge in [-0.3, -0.25) is 0 Å². The van der Waals surface area contributed by atoms with Crippen LogP contribution in [0.3, 0.4) is 0 Å². The fourth-order valence-electron chi connectivity index (χ4n) is 2.63. The van der Waals surface area contributed by atoms with Crippen molar-refractivity contribution < 1.29 is 28.5 Å². The molecule has 3 aromatic carbocycles. The number of hydrogen-bond acceptors (Lipinski definition) is 6. The van der Waals surface area contributed by atoms with Crippen molar-refractivity contribution in [3.05, 3.63) is 90.0 Å². The van der Waals surface area contributed by atoms with Crippen molar-refractivity contribution in [3.8, 4) is 17.2 Å². The molecule has 6 heteroatoms. The summed E-state index contributed by atoms with van der Waals surface area (Å²) in [5.41, 5.74) is 0.766. The highest BCUT2D eigenvalue weighted by molar-refractivity contribution is 5.92. The second-order valence-electron chi connectivity index (χ2n) is 6.58. The van der Waals surface area contributed by atoms with Crippen molar-refractivity contribution in [2.24, 2.45) is 0 Å². The van der Waals surface area contributed by atoms with Gasteiger partial charge in [-0.1, -0.05) is 25.1 Å². The SMILES string of the molecule is CCCOc1ccc(C(=O)Oc2ccc(C(=O)OCCOc3ccccc3)cc2)cc1. The lowest BCUT2D eigenvalue weighted by Crippen LogP contribution is -2.12. The van der Waals surface area contributed by atoms with E-state index >= 15 is 0 Å². The van der Waals surface area contributed by atoms with E-state index < -0.39 is 11.9 Å². The normalized spacial score (nSPS) is 10.2. The monoisotopic (exact) mass is 420 g/mol. The van der Waals surface area contributed by atoms with Crippen LogP contribution in [0, 0.1) is 0 Å². The van der Waals surface area contributed by atoms with Crippen LogP contribution in [0.4, 0.5) is 0 Å². The molecule has 31 heavy (non-hydrogen) atoms. The Balaban J connectivity index is 1.45. The highest BCUT2D eigenvalue weighted by Gasteiger charge is 2.11. The predicted molar refractivity (Wildman–Crippen MR) is 116 cm³/mol. The number of para-hydroxylation sites is 1. The van der Waals surface area contributed by atoms with Gasteiger partial charge in [-0.25, -0.2) is 9.59 Å². The molecule has 0 aliphatic heterocycles. The fraction of sp³-hybridized carbons (Fsp3) is 0.200. The third-order valence-electron chi connectivity index (χ3n) is 4.19. The summed E-state index contributed by atoms with van der Waals surface area (Å²) in [6.45, 7) is 3.03. The topological polar surface area (TPSA) is 71.1 Å². The molecule has 0 bridgehead atoms. The van der Waals surface area contributed by atoms with E-state index in [9.17, 15) is 9.59 Å². The first-order chi connectivity index (χ1) is 15.2. The van der Waals surface area contributed by atoms with E-state index in [1.807, 2.05) is 37.3 Å². The van der Waals surface area contributed by atoms with Gasteiger partial charge in [0, 0.05) is 0 Å². The zero-order valence-corrected chi connectivity index (χ0v) is 17.3. The lowest BCUT2D eigenvalue weighted by Gasteiger charge is -2.08. The Morgan fingerprint density at radius 2 is 1.16 bits per heavy atom. The lowest BCUT2D eigenvalue weighted by molar-refractivity contribution is 0.0450. The molecule has 0 spiro atoms. The number of rotatable bonds is 10. The van der Waals surface area contributed by atoms with E-state index in [-0.39, 0.29) is 13.2 Å². The second-order valence-corrected chi connectivity index (χ2v) is 6.58. The van der Waals surface area contributed by atoms with Gasteiger partial charge in [-0.2, -0.15) is 0 Å². The maximum Gasteiger partial charge on any atom is 0.343 e. The third kappa shape index (κ3) is 6.89. The number of ether oxygens (including phenoxy) is 4. The molecule has 0 atom stereocenters. The van der Waals surface area contributed by atoms with Gasteiger partial charge >= 0.3 is 11.9 Å². The highest BCUT2D eigenvalue weighted by Crippen LogP contribution is 2.17. The Morgan fingerprint density at radius 3 is 1.81 bits per heavy atom. The molecule has 3 rings (SSSR count). The van der Waals surface area contributed by atoms with E-state index in [0.29, 0.717) is 35.0 Å². The minimum atomic E-state index is -0.490. The van der Waals surface area contributed by atoms with Gasteiger partial charge in [-0.05, 0) is 67.1 Å². The van der Waals surface area contributed by atoms with Gasteiger partial charge in [0.25, 0.3) is 0 Å². The number of hydrogen-bond donors (Lipinski definition) is 0.